The van der Waals surface area contributed by atoms with Crippen molar-refractivity contribution in [1.29, 1.82) is 0 Å². The predicted octanol–water partition coefficient (Wildman–Crippen LogP) is 2.44. The van der Waals surface area contributed by atoms with Crippen LogP contribution in [-0.2, 0) is 4.79 Å². The molecule has 1 aliphatic rings. The maximum absolute atomic E-state index is 13.2. The Kier molecular flexibility index (Phi) is 4.45. The second-order valence-electron chi connectivity index (χ2n) is 5.42. The number of aliphatic carboxylic acids is 1. The van der Waals surface area contributed by atoms with Gasteiger partial charge in [-0.2, -0.15) is 0 Å². The highest BCUT2D eigenvalue weighted by molar-refractivity contribution is 5.99. The molecule has 2 rings (SSSR count). The Hall–Kier alpha value is -2.11. The molecule has 1 fully saturated rings. The van der Waals surface area contributed by atoms with Gasteiger partial charge in [0.05, 0.1) is 5.56 Å². The zero-order valence-corrected chi connectivity index (χ0v) is 11.6. The summed E-state index contributed by atoms with van der Waals surface area (Å²) in [6.45, 7) is 0. The van der Waals surface area contributed by atoms with E-state index in [0.29, 0.717) is 25.7 Å². The van der Waals surface area contributed by atoms with Crippen molar-refractivity contribution in [2.75, 3.05) is 0 Å². The molecule has 0 spiro atoms. The molecule has 0 aliphatic heterocycles. The molecule has 6 heteroatoms. The molecule has 1 amide bonds. The summed E-state index contributed by atoms with van der Waals surface area (Å²) in [5.74, 6) is -2.89. The van der Waals surface area contributed by atoms with Crippen molar-refractivity contribution in [2.24, 2.45) is 0 Å². The summed E-state index contributed by atoms with van der Waals surface area (Å²) >= 11 is 0. The van der Waals surface area contributed by atoms with E-state index in [-0.39, 0.29) is 11.3 Å². The first kappa shape index (κ1) is 15.3. The van der Waals surface area contributed by atoms with E-state index in [1.54, 1.807) is 0 Å². The number of amides is 1. The summed E-state index contributed by atoms with van der Waals surface area (Å²) in [4.78, 5) is 23.8. The van der Waals surface area contributed by atoms with Gasteiger partial charge in [0.1, 0.15) is 17.1 Å². The number of phenolic OH excluding ortho intramolecular Hbond substituents is 1. The van der Waals surface area contributed by atoms with Gasteiger partial charge in [0.25, 0.3) is 5.91 Å². The summed E-state index contributed by atoms with van der Waals surface area (Å²) in [7, 11) is 0. The molecule has 0 radical (unpaired) electrons. The normalized spacial score (nSPS) is 17.8. The van der Waals surface area contributed by atoms with Crippen LogP contribution in [0.4, 0.5) is 4.39 Å². The zero-order valence-electron chi connectivity index (χ0n) is 11.6. The predicted molar refractivity (Wildman–Crippen MR) is 73.6 cm³/mol. The number of hydrogen-bond donors (Lipinski definition) is 3. The van der Waals surface area contributed by atoms with Crippen LogP contribution in [0.15, 0.2) is 18.2 Å². The number of aromatic hydroxyl groups is 1. The lowest BCUT2D eigenvalue weighted by Gasteiger charge is -2.29. The molecule has 3 N–H and O–H groups in total. The Morgan fingerprint density at radius 3 is 2.33 bits per heavy atom. The molecular weight excluding hydrogens is 277 g/mol. The van der Waals surface area contributed by atoms with E-state index in [4.69, 9.17) is 0 Å². The Bertz CT molecular complexity index is 551. The van der Waals surface area contributed by atoms with Crippen molar-refractivity contribution in [2.45, 2.75) is 44.1 Å². The van der Waals surface area contributed by atoms with Gasteiger partial charge in [-0.3, -0.25) is 4.79 Å². The van der Waals surface area contributed by atoms with Gasteiger partial charge in [-0.15, -0.1) is 0 Å². The first-order valence-electron chi connectivity index (χ1n) is 6.99. The molecule has 1 saturated carbocycles. The Balaban J connectivity index is 2.26. The van der Waals surface area contributed by atoms with Gasteiger partial charge in [-0.25, -0.2) is 9.18 Å². The number of carbonyl (C=O) groups is 2. The first-order chi connectivity index (χ1) is 9.94. The van der Waals surface area contributed by atoms with Crippen LogP contribution in [-0.4, -0.2) is 27.6 Å². The summed E-state index contributed by atoms with van der Waals surface area (Å²) in [6, 6.07) is 3.01. The van der Waals surface area contributed by atoms with Crippen LogP contribution in [0.25, 0.3) is 0 Å². The van der Waals surface area contributed by atoms with Crippen molar-refractivity contribution in [3.05, 3.63) is 29.6 Å². The molecule has 0 unspecified atom stereocenters. The fourth-order valence-corrected chi connectivity index (χ4v) is 2.70. The molecule has 0 heterocycles. The number of carboxylic acids is 1. The molecule has 114 valence electrons. The molecule has 5 nitrogen and oxygen atoms in total. The van der Waals surface area contributed by atoms with Crippen molar-refractivity contribution < 1.29 is 24.2 Å². The van der Waals surface area contributed by atoms with E-state index in [1.807, 2.05) is 0 Å². The van der Waals surface area contributed by atoms with Crippen LogP contribution in [0, 0.1) is 5.82 Å². The molecule has 21 heavy (non-hydrogen) atoms. The fraction of sp³-hybridized carbons (Fsp3) is 0.467. The average Bonchev–Trinajstić information content (AvgIpc) is 2.68. The van der Waals surface area contributed by atoms with Crippen molar-refractivity contribution in [3.8, 4) is 5.75 Å². The molecule has 1 aliphatic carbocycles. The number of carboxylic acid groups (broad SMARTS) is 1. The monoisotopic (exact) mass is 295 g/mol. The van der Waals surface area contributed by atoms with Crippen molar-refractivity contribution in [3.63, 3.8) is 0 Å². The molecule has 0 saturated heterocycles. The lowest BCUT2D eigenvalue weighted by Crippen LogP contribution is -2.54. The van der Waals surface area contributed by atoms with E-state index < -0.39 is 23.2 Å². The smallest absolute Gasteiger partial charge is 0.329 e. The Morgan fingerprint density at radius 1 is 1.14 bits per heavy atom. The number of phenols is 1. The lowest BCUT2D eigenvalue weighted by atomic mass is 9.89. The van der Waals surface area contributed by atoms with Gasteiger partial charge in [-0.05, 0) is 31.0 Å². The van der Waals surface area contributed by atoms with Crippen molar-refractivity contribution in [1.82, 2.24) is 5.32 Å². The maximum Gasteiger partial charge on any atom is 0.329 e. The highest BCUT2D eigenvalue weighted by Crippen LogP contribution is 2.28. The summed E-state index contributed by atoms with van der Waals surface area (Å²) < 4.78 is 13.2. The van der Waals surface area contributed by atoms with E-state index in [0.717, 1.165) is 31.0 Å². The molecule has 0 bridgehead atoms. The van der Waals surface area contributed by atoms with Crippen LogP contribution >= 0.6 is 0 Å². The van der Waals surface area contributed by atoms with Crippen LogP contribution in [0.3, 0.4) is 0 Å². The van der Waals surface area contributed by atoms with Crippen molar-refractivity contribution >= 4 is 11.9 Å². The van der Waals surface area contributed by atoms with E-state index in [1.165, 1.54) is 0 Å². The topological polar surface area (TPSA) is 86.6 Å². The Labute approximate surface area is 121 Å². The number of benzene rings is 1. The van der Waals surface area contributed by atoms with Gasteiger partial charge in [0, 0.05) is 0 Å². The maximum atomic E-state index is 13.2. The molecule has 0 aromatic heterocycles. The second-order valence-corrected chi connectivity index (χ2v) is 5.42. The molecule has 0 atom stereocenters. The van der Waals surface area contributed by atoms with Gasteiger partial charge >= 0.3 is 5.97 Å². The van der Waals surface area contributed by atoms with Gasteiger partial charge < -0.3 is 15.5 Å². The van der Waals surface area contributed by atoms with Crippen LogP contribution in [0.1, 0.15) is 48.9 Å². The van der Waals surface area contributed by atoms with Crippen LogP contribution in [0.5, 0.6) is 5.75 Å². The lowest BCUT2D eigenvalue weighted by molar-refractivity contribution is -0.145. The largest absolute Gasteiger partial charge is 0.507 e. The van der Waals surface area contributed by atoms with Gasteiger partial charge in [-0.1, -0.05) is 25.7 Å². The number of rotatable bonds is 3. The highest BCUT2D eigenvalue weighted by atomic mass is 19.1. The van der Waals surface area contributed by atoms with E-state index >= 15 is 0 Å². The summed E-state index contributed by atoms with van der Waals surface area (Å²) in [6.07, 6.45) is 3.95. The average molecular weight is 295 g/mol. The fourth-order valence-electron chi connectivity index (χ4n) is 2.70. The summed E-state index contributed by atoms with van der Waals surface area (Å²) in [5, 5.41) is 21.6. The first-order valence-corrected chi connectivity index (χ1v) is 6.99. The standard InChI is InChI=1S/C15H18FNO4/c16-10-5-6-12(18)11(9-10)13(19)17-15(14(20)21)7-3-1-2-4-8-15/h5-6,9,18H,1-4,7-8H2,(H,17,19)(H,20,21). The minimum atomic E-state index is -1.34. The molecule has 1 aromatic rings. The summed E-state index contributed by atoms with van der Waals surface area (Å²) in [5.41, 5.74) is -1.59. The van der Waals surface area contributed by atoms with E-state index in [9.17, 15) is 24.2 Å². The number of nitrogens with one attached hydrogen (secondary N) is 1. The SMILES string of the molecule is O=C(NC1(C(=O)O)CCCCCC1)c1cc(F)ccc1O. The number of carbonyl (C=O) groups excluding carboxylic acids is 1. The highest BCUT2D eigenvalue weighted by Gasteiger charge is 2.40. The quantitative estimate of drug-likeness (QED) is 0.747. The van der Waals surface area contributed by atoms with Gasteiger partial charge in [0.2, 0.25) is 0 Å². The van der Waals surface area contributed by atoms with Crippen LogP contribution < -0.4 is 5.32 Å². The zero-order chi connectivity index (χ0) is 15.5. The third-order valence-corrected chi connectivity index (χ3v) is 3.92. The minimum Gasteiger partial charge on any atom is -0.507 e. The van der Waals surface area contributed by atoms with Gasteiger partial charge in [0.15, 0.2) is 0 Å². The third kappa shape index (κ3) is 3.32. The number of hydrogen-bond acceptors (Lipinski definition) is 3. The molecule has 1 aromatic carbocycles. The van der Waals surface area contributed by atoms with Crippen LogP contribution in [0.2, 0.25) is 0 Å². The minimum absolute atomic E-state index is 0.250. The molecular formula is C15H18FNO4. The Morgan fingerprint density at radius 2 is 1.76 bits per heavy atom. The van der Waals surface area contributed by atoms with E-state index in [2.05, 4.69) is 5.32 Å². The third-order valence-electron chi connectivity index (χ3n) is 3.92. The number of halogens is 1. The second kappa shape index (κ2) is 6.11.